The van der Waals surface area contributed by atoms with Crippen molar-refractivity contribution >= 4 is 57.7 Å². The van der Waals surface area contributed by atoms with Crippen LogP contribution in [-0.2, 0) is 14.3 Å². The number of thioether (sulfide) groups is 1. The Bertz CT molecular complexity index is 1060. The summed E-state index contributed by atoms with van der Waals surface area (Å²) in [5.41, 5.74) is 2.47. The van der Waals surface area contributed by atoms with Gasteiger partial charge in [-0.15, -0.1) is 0 Å². The normalized spacial score (nSPS) is 17.4. The molecule has 2 aromatic rings. The Kier molecular flexibility index (Phi) is 7.93. The van der Waals surface area contributed by atoms with E-state index in [1.807, 2.05) is 19.9 Å². The van der Waals surface area contributed by atoms with E-state index in [9.17, 15) is 14.4 Å². The summed E-state index contributed by atoms with van der Waals surface area (Å²) in [7, 11) is 0. The lowest BCUT2D eigenvalue weighted by Gasteiger charge is -2.31. The van der Waals surface area contributed by atoms with Crippen LogP contribution < -0.4 is 5.32 Å². The Balaban J connectivity index is 1.78. The van der Waals surface area contributed by atoms with Gasteiger partial charge in [0.1, 0.15) is 5.25 Å². The topological polar surface area (TPSA) is 88.1 Å². The molecule has 1 saturated heterocycles. The summed E-state index contributed by atoms with van der Waals surface area (Å²) < 4.78 is 4.98. The predicted molar refractivity (Wildman–Crippen MR) is 128 cm³/mol. The van der Waals surface area contributed by atoms with E-state index < -0.39 is 11.2 Å². The zero-order valence-electron chi connectivity index (χ0n) is 18.1. The van der Waals surface area contributed by atoms with Crippen LogP contribution in [0.3, 0.4) is 0 Å². The van der Waals surface area contributed by atoms with Crippen molar-refractivity contribution in [2.75, 3.05) is 18.5 Å². The van der Waals surface area contributed by atoms with Gasteiger partial charge in [0, 0.05) is 23.7 Å². The molecule has 1 N–H and O–H groups in total. The first-order chi connectivity index (χ1) is 15.3. The van der Waals surface area contributed by atoms with Gasteiger partial charge in [-0.1, -0.05) is 29.4 Å². The number of amidine groups is 1. The average molecular weight is 474 g/mol. The lowest BCUT2D eigenvalue weighted by molar-refractivity contribution is -0.129. The molecule has 0 aliphatic carbocycles. The van der Waals surface area contributed by atoms with Crippen molar-refractivity contribution in [1.29, 1.82) is 0 Å². The Hall–Kier alpha value is -2.84. The molecule has 0 bridgehead atoms. The van der Waals surface area contributed by atoms with Crippen LogP contribution in [0.1, 0.15) is 36.2 Å². The molecule has 1 aliphatic rings. The Morgan fingerprint density at radius 1 is 1.22 bits per heavy atom. The molecule has 168 valence electrons. The van der Waals surface area contributed by atoms with Crippen LogP contribution in [0.2, 0.25) is 5.02 Å². The molecule has 3 rings (SSSR count). The van der Waals surface area contributed by atoms with E-state index in [2.05, 4.69) is 10.3 Å². The molecule has 1 heterocycles. The number of carbonyl (C=O) groups is 3. The molecule has 2 aromatic carbocycles. The van der Waals surface area contributed by atoms with Crippen LogP contribution in [0.15, 0.2) is 47.5 Å². The highest BCUT2D eigenvalue weighted by Gasteiger charge is 2.35. The van der Waals surface area contributed by atoms with E-state index in [1.54, 1.807) is 48.2 Å². The first kappa shape index (κ1) is 23.8. The standard InChI is InChI=1S/C23H24ClN3O4S/c1-4-27-20(28)13-19(21(29)25-17-9-6-14(3)18(24)12-17)32-23(27)26-16-10-7-15(8-11-16)22(30)31-5-2/h6-12,19H,4-5,13H2,1-3H3,(H,25,29). The Morgan fingerprint density at radius 3 is 2.56 bits per heavy atom. The van der Waals surface area contributed by atoms with Crippen LogP contribution in [0.4, 0.5) is 11.4 Å². The fourth-order valence-corrected chi connectivity index (χ4v) is 4.39. The second kappa shape index (κ2) is 10.7. The van der Waals surface area contributed by atoms with E-state index in [1.165, 1.54) is 11.8 Å². The maximum Gasteiger partial charge on any atom is 0.338 e. The monoisotopic (exact) mass is 473 g/mol. The van der Waals surface area contributed by atoms with Crippen molar-refractivity contribution in [2.45, 2.75) is 32.4 Å². The zero-order valence-corrected chi connectivity index (χ0v) is 19.6. The highest BCUT2D eigenvalue weighted by molar-refractivity contribution is 8.15. The Morgan fingerprint density at radius 2 is 1.94 bits per heavy atom. The molecule has 1 aliphatic heterocycles. The predicted octanol–water partition coefficient (Wildman–Crippen LogP) is 4.81. The first-order valence-corrected chi connectivity index (χ1v) is 11.5. The molecule has 1 atom stereocenters. The van der Waals surface area contributed by atoms with E-state index >= 15 is 0 Å². The molecule has 0 aromatic heterocycles. The first-order valence-electron chi connectivity index (χ1n) is 10.2. The molecule has 7 nitrogen and oxygen atoms in total. The number of hydrogen-bond donors (Lipinski definition) is 1. The molecule has 0 saturated carbocycles. The summed E-state index contributed by atoms with van der Waals surface area (Å²) in [5.74, 6) is -0.864. The van der Waals surface area contributed by atoms with Crippen molar-refractivity contribution in [1.82, 2.24) is 4.90 Å². The second-order valence-electron chi connectivity index (χ2n) is 7.06. The molecule has 2 amide bonds. The van der Waals surface area contributed by atoms with Crippen LogP contribution >= 0.6 is 23.4 Å². The van der Waals surface area contributed by atoms with Gasteiger partial charge in [0.05, 0.1) is 17.9 Å². The van der Waals surface area contributed by atoms with E-state index in [-0.39, 0.29) is 18.2 Å². The molecular formula is C23H24ClN3O4S. The van der Waals surface area contributed by atoms with Gasteiger partial charge in [-0.25, -0.2) is 9.79 Å². The fourth-order valence-electron chi connectivity index (χ4n) is 3.04. The number of anilines is 1. The van der Waals surface area contributed by atoms with E-state index in [0.29, 0.717) is 40.3 Å². The number of benzene rings is 2. The number of esters is 1. The number of aliphatic imine (C=N–C) groups is 1. The number of amides is 2. The summed E-state index contributed by atoms with van der Waals surface area (Å²) >= 11 is 7.37. The van der Waals surface area contributed by atoms with Crippen molar-refractivity contribution in [3.05, 3.63) is 58.6 Å². The molecule has 9 heteroatoms. The van der Waals surface area contributed by atoms with Crippen LogP contribution in [0.5, 0.6) is 0 Å². The number of rotatable bonds is 6. The van der Waals surface area contributed by atoms with Gasteiger partial charge in [-0.3, -0.25) is 14.5 Å². The van der Waals surface area contributed by atoms with Crippen LogP contribution in [0, 0.1) is 6.92 Å². The van der Waals surface area contributed by atoms with Crippen LogP contribution in [0.25, 0.3) is 0 Å². The average Bonchev–Trinajstić information content (AvgIpc) is 2.76. The number of carbonyl (C=O) groups excluding carboxylic acids is 3. The zero-order chi connectivity index (χ0) is 23.3. The molecule has 0 spiro atoms. The fraction of sp³-hybridized carbons (Fsp3) is 0.304. The third-order valence-electron chi connectivity index (χ3n) is 4.79. The molecule has 1 unspecified atom stereocenters. The number of nitrogens with zero attached hydrogens (tertiary/aromatic N) is 2. The van der Waals surface area contributed by atoms with Crippen LogP contribution in [-0.4, -0.2) is 46.3 Å². The highest BCUT2D eigenvalue weighted by atomic mass is 35.5. The summed E-state index contributed by atoms with van der Waals surface area (Å²) in [4.78, 5) is 43.5. The summed E-state index contributed by atoms with van der Waals surface area (Å²) in [6, 6.07) is 11.9. The lowest BCUT2D eigenvalue weighted by Crippen LogP contribution is -2.45. The largest absolute Gasteiger partial charge is 0.462 e. The number of ether oxygens (including phenoxy) is 1. The van der Waals surface area contributed by atoms with Crippen molar-refractivity contribution in [2.24, 2.45) is 4.99 Å². The molecule has 32 heavy (non-hydrogen) atoms. The highest BCUT2D eigenvalue weighted by Crippen LogP contribution is 2.30. The van der Waals surface area contributed by atoms with E-state index in [0.717, 1.165) is 5.56 Å². The minimum absolute atomic E-state index is 0.0742. The van der Waals surface area contributed by atoms with Gasteiger partial charge >= 0.3 is 5.97 Å². The van der Waals surface area contributed by atoms with Gasteiger partial charge in [-0.2, -0.15) is 0 Å². The molecular weight excluding hydrogens is 450 g/mol. The summed E-state index contributed by atoms with van der Waals surface area (Å²) in [5, 5.41) is 3.20. The van der Waals surface area contributed by atoms with Gasteiger partial charge in [0.25, 0.3) is 0 Å². The smallest absolute Gasteiger partial charge is 0.338 e. The second-order valence-corrected chi connectivity index (χ2v) is 8.64. The number of aryl methyl sites for hydroxylation is 1. The van der Waals surface area contributed by atoms with Gasteiger partial charge in [0.2, 0.25) is 11.8 Å². The number of hydrogen-bond acceptors (Lipinski definition) is 6. The Labute approximate surface area is 196 Å². The quantitative estimate of drug-likeness (QED) is 0.608. The van der Waals surface area contributed by atoms with Crippen molar-refractivity contribution in [3.63, 3.8) is 0 Å². The molecule has 1 fully saturated rings. The lowest BCUT2D eigenvalue weighted by atomic mass is 10.2. The van der Waals surface area contributed by atoms with Gasteiger partial charge < -0.3 is 10.1 Å². The minimum atomic E-state index is -0.622. The number of halogens is 1. The van der Waals surface area contributed by atoms with Gasteiger partial charge in [-0.05, 0) is 62.7 Å². The summed E-state index contributed by atoms with van der Waals surface area (Å²) in [6.07, 6.45) is 0.0742. The number of nitrogens with one attached hydrogen (secondary N) is 1. The van der Waals surface area contributed by atoms with Gasteiger partial charge in [0.15, 0.2) is 5.17 Å². The minimum Gasteiger partial charge on any atom is -0.462 e. The van der Waals surface area contributed by atoms with Crippen molar-refractivity contribution < 1.29 is 19.1 Å². The maximum absolute atomic E-state index is 12.8. The SMILES string of the molecule is CCOC(=O)c1ccc(N=C2SC(C(=O)Nc3ccc(C)c(Cl)c3)CC(=O)N2CC)cc1. The van der Waals surface area contributed by atoms with E-state index in [4.69, 9.17) is 16.3 Å². The third-order valence-corrected chi connectivity index (χ3v) is 6.39. The third kappa shape index (κ3) is 5.69. The van der Waals surface area contributed by atoms with Crippen molar-refractivity contribution in [3.8, 4) is 0 Å². The maximum atomic E-state index is 12.8. The summed E-state index contributed by atoms with van der Waals surface area (Å²) in [6.45, 7) is 6.21. The molecule has 0 radical (unpaired) electrons.